The van der Waals surface area contributed by atoms with Gasteiger partial charge in [-0.3, -0.25) is 0 Å². The standard InChI is InChI=1S/C12H16BrNO3/c1-7-8(13)5-9(15)12(16-2)11(7)10-6-14-3-4-17-10/h5,10,14-15H,3-4,6H2,1-2H3. The molecule has 2 N–H and O–H groups in total. The second kappa shape index (κ2) is 5.25. The van der Waals surface area contributed by atoms with E-state index in [-0.39, 0.29) is 11.9 Å². The zero-order chi connectivity index (χ0) is 12.4. The van der Waals surface area contributed by atoms with Crippen LogP contribution in [-0.4, -0.2) is 31.9 Å². The molecule has 1 atom stereocenters. The van der Waals surface area contributed by atoms with Crippen molar-refractivity contribution in [3.05, 3.63) is 21.7 Å². The van der Waals surface area contributed by atoms with Gasteiger partial charge in [-0.05, 0) is 18.6 Å². The van der Waals surface area contributed by atoms with Crippen molar-refractivity contribution in [3.63, 3.8) is 0 Å². The first-order valence-corrected chi connectivity index (χ1v) is 6.32. The second-order valence-electron chi connectivity index (χ2n) is 4.01. The van der Waals surface area contributed by atoms with Crippen LogP contribution in [0.25, 0.3) is 0 Å². The fourth-order valence-electron chi connectivity index (χ4n) is 2.08. The number of aromatic hydroxyl groups is 1. The van der Waals surface area contributed by atoms with Gasteiger partial charge in [0, 0.05) is 23.1 Å². The zero-order valence-electron chi connectivity index (χ0n) is 9.92. The van der Waals surface area contributed by atoms with E-state index >= 15 is 0 Å². The Morgan fingerprint density at radius 3 is 2.94 bits per heavy atom. The molecule has 1 heterocycles. The van der Waals surface area contributed by atoms with E-state index in [9.17, 15) is 5.11 Å². The van der Waals surface area contributed by atoms with Crippen molar-refractivity contribution in [2.24, 2.45) is 0 Å². The molecule has 2 rings (SSSR count). The zero-order valence-corrected chi connectivity index (χ0v) is 11.5. The molecule has 1 aliphatic rings. The van der Waals surface area contributed by atoms with E-state index in [1.165, 1.54) is 0 Å². The molecule has 0 saturated carbocycles. The maximum absolute atomic E-state index is 9.90. The number of nitrogens with one attached hydrogen (secondary N) is 1. The molecule has 1 aromatic carbocycles. The average molecular weight is 302 g/mol. The molecule has 4 nitrogen and oxygen atoms in total. The van der Waals surface area contributed by atoms with E-state index in [1.54, 1.807) is 13.2 Å². The summed E-state index contributed by atoms with van der Waals surface area (Å²) in [7, 11) is 1.56. The third-order valence-electron chi connectivity index (χ3n) is 2.96. The van der Waals surface area contributed by atoms with E-state index < -0.39 is 0 Å². The SMILES string of the molecule is COc1c(O)cc(Br)c(C)c1C1CNCCO1. The summed E-state index contributed by atoms with van der Waals surface area (Å²) in [5.41, 5.74) is 1.94. The van der Waals surface area contributed by atoms with Gasteiger partial charge in [0.25, 0.3) is 0 Å². The molecule has 1 fully saturated rings. The Morgan fingerprint density at radius 1 is 1.59 bits per heavy atom. The Kier molecular flexibility index (Phi) is 3.91. The molecule has 0 aliphatic carbocycles. The van der Waals surface area contributed by atoms with Gasteiger partial charge >= 0.3 is 0 Å². The summed E-state index contributed by atoms with van der Waals surface area (Å²) < 4.78 is 11.9. The first kappa shape index (κ1) is 12.7. The summed E-state index contributed by atoms with van der Waals surface area (Å²) in [6.45, 7) is 4.24. The van der Waals surface area contributed by atoms with E-state index in [0.717, 1.165) is 28.7 Å². The minimum Gasteiger partial charge on any atom is -0.504 e. The van der Waals surface area contributed by atoms with E-state index in [4.69, 9.17) is 9.47 Å². The molecule has 1 aliphatic heterocycles. The van der Waals surface area contributed by atoms with Crippen LogP contribution >= 0.6 is 15.9 Å². The van der Waals surface area contributed by atoms with Crippen molar-refractivity contribution >= 4 is 15.9 Å². The predicted octanol–water partition coefficient (Wildman–Crippen LogP) is 2.13. The average Bonchev–Trinajstić information content (AvgIpc) is 2.34. The van der Waals surface area contributed by atoms with Crippen LogP contribution in [0, 0.1) is 6.92 Å². The molecule has 5 heteroatoms. The quantitative estimate of drug-likeness (QED) is 0.879. The summed E-state index contributed by atoms with van der Waals surface area (Å²) in [6.07, 6.45) is -0.0814. The minimum absolute atomic E-state index is 0.0814. The molecule has 1 saturated heterocycles. The van der Waals surface area contributed by atoms with Crippen LogP contribution in [0.2, 0.25) is 0 Å². The van der Waals surface area contributed by atoms with Crippen molar-refractivity contribution in [2.45, 2.75) is 13.0 Å². The predicted molar refractivity (Wildman–Crippen MR) is 68.7 cm³/mol. The summed E-state index contributed by atoms with van der Waals surface area (Å²) >= 11 is 3.44. The van der Waals surface area contributed by atoms with Crippen LogP contribution in [0.5, 0.6) is 11.5 Å². The number of hydrogen-bond donors (Lipinski definition) is 2. The van der Waals surface area contributed by atoms with Crippen LogP contribution < -0.4 is 10.1 Å². The molecular weight excluding hydrogens is 286 g/mol. The van der Waals surface area contributed by atoms with Gasteiger partial charge in [0.2, 0.25) is 0 Å². The number of ether oxygens (including phenoxy) is 2. The number of methoxy groups -OCH3 is 1. The van der Waals surface area contributed by atoms with E-state index in [0.29, 0.717) is 12.4 Å². The summed E-state index contributed by atoms with van der Waals surface area (Å²) in [4.78, 5) is 0. The molecule has 1 aromatic rings. The fourth-order valence-corrected chi connectivity index (χ4v) is 2.51. The molecule has 0 spiro atoms. The molecule has 0 aromatic heterocycles. The first-order valence-electron chi connectivity index (χ1n) is 5.53. The number of benzene rings is 1. The summed E-state index contributed by atoms with van der Waals surface area (Å²) in [6, 6.07) is 1.65. The molecule has 94 valence electrons. The lowest BCUT2D eigenvalue weighted by Crippen LogP contribution is -2.33. The highest BCUT2D eigenvalue weighted by Crippen LogP contribution is 2.41. The minimum atomic E-state index is -0.0814. The number of phenols is 1. The Hall–Kier alpha value is -0.780. The monoisotopic (exact) mass is 301 g/mol. The van der Waals surface area contributed by atoms with Gasteiger partial charge < -0.3 is 19.9 Å². The number of phenolic OH excluding ortho intramolecular Hbond substituents is 1. The summed E-state index contributed by atoms with van der Waals surface area (Å²) in [5.74, 6) is 0.633. The van der Waals surface area contributed by atoms with Crippen LogP contribution in [0.3, 0.4) is 0 Å². The molecule has 17 heavy (non-hydrogen) atoms. The van der Waals surface area contributed by atoms with Gasteiger partial charge in [-0.2, -0.15) is 0 Å². The van der Waals surface area contributed by atoms with Gasteiger partial charge in [0.05, 0.1) is 19.8 Å². The van der Waals surface area contributed by atoms with E-state index in [2.05, 4.69) is 21.2 Å². The molecule has 0 amide bonds. The smallest absolute Gasteiger partial charge is 0.166 e. The van der Waals surface area contributed by atoms with Crippen molar-refractivity contribution in [3.8, 4) is 11.5 Å². The largest absolute Gasteiger partial charge is 0.504 e. The third-order valence-corrected chi connectivity index (χ3v) is 3.78. The highest BCUT2D eigenvalue weighted by molar-refractivity contribution is 9.10. The van der Waals surface area contributed by atoms with Crippen LogP contribution in [-0.2, 0) is 4.74 Å². The fraction of sp³-hybridized carbons (Fsp3) is 0.500. The van der Waals surface area contributed by atoms with Crippen molar-refractivity contribution < 1.29 is 14.6 Å². The Balaban J connectivity index is 2.48. The normalized spacial score (nSPS) is 20.3. The van der Waals surface area contributed by atoms with Gasteiger partial charge in [-0.25, -0.2) is 0 Å². The maximum atomic E-state index is 9.90. The van der Waals surface area contributed by atoms with Gasteiger partial charge in [-0.1, -0.05) is 15.9 Å². The van der Waals surface area contributed by atoms with Gasteiger partial charge in [0.15, 0.2) is 11.5 Å². The lowest BCUT2D eigenvalue weighted by molar-refractivity contribution is 0.0256. The number of halogens is 1. The second-order valence-corrected chi connectivity index (χ2v) is 4.87. The molecule has 0 radical (unpaired) electrons. The van der Waals surface area contributed by atoms with Crippen molar-refractivity contribution in [1.82, 2.24) is 5.32 Å². The Morgan fingerprint density at radius 2 is 2.35 bits per heavy atom. The number of morpholine rings is 1. The topological polar surface area (TPSA) is 50.7 Å². The first-order chi connectivity index (χ1) is 8.15. The van der Waals surface area contributed by atoms with Crippen LogP contribution in [0.4, 0.5) is 0 Å². The van der Waals surface area contributed by atoms with Crippen LogP contribution in [0.15, 0.2) is 10.5 Å². The summed E-state index contributed by atoms with van der Waals surface area (Å²) in [5, 5.41) is 13.2. The van der Waals surface area contributed by atoms with Crippen molar-refractivity contribution in [2.75, 3.05) is 26.8 Å². The van der Waals surface area contributed by atoms with E-state index in [1.807, 2.05) is 6.92 Å². The number of rotatable bonds is 2. The van der Waals surface area contributed by atoms with Crippen molar-refractivity contribution in [1.29, 1.82) is 0 Å². The highest BCUT2D eigenvalue weighted by Gasteiger charge is 2.25. The lowest BCUT2D eigenvalue weighted by atomic mass is 10.0. The maximum Gasteiger partial charge on any atom is 0.166 e. The highest BCUT2D eigenvalue weighted by atomic mass is 79.9. The van der Waals surface area contributed by atoms with Gasteiger partial charge in [0.1, 0.15) is 0 Å². The molecule has 1 unspecified atom stereocenters. The van der Waals surface area contributed by atoms with Crippen LogP contribution in [0.1, 0.15) is 17.2 Å². The van der Waals surface area contributed by atoms with Gasteiger partial charge in [-0.15, -0.1) is 0 Å². The molecular formula is C12H16BrNO3. The number of hydrogen-bond acceptors (Lipinski definition) is 4. The Bertz CT molecular complexity index is 417. The Labute approximate surface area is 109 Å². The molecule has 0 bridgehead atoms. The third kappa shape index (κ3) is 2.41. The lowest BCUT2D eigenvalue weighted by Gasteiger charge is -2.27.